The van der Waals surface area contributed by atoms with E-state index in [-0.39, 0.29) is 0 Å². The van der Waals surface area contributed by atoms with E-state index >= 15 is 0 Å². The van der Waals surface area contributed by atoms with Crippen molar-refractivity contribution in [3.05, 3.63) is 0 Å². The Bertz CT molecular complexity index is 96.5. The molecule has 3 nitrogen and oxygen atoms in total. The summed E-state index contributed by atoms with van der Waals surface area (Å²) in [5, 5.41) is 0. The molecule has 0 amide bonds. The van der Waals surface area contributed by atoms with Gasteiger partial charge in [-0.1, -0.05) is 6.92 Å². The molecule has 0 saturated carbocycles. The van der Waals surface area contributed by atoms with Crippen LogP contribution in [0.2, 0.25) is 0 Å². The Kier molecular flexibility index (Phi) is 7.45. The third-order valence-electron chi connectivity index (χ3n) is 1.93. The molecular formula is C9H21NO2. The van der Waals surface area contributed by atoms with Crippen molar-refractivity contribution in [2.45, 2.75) is 33.2 Å². The molecule has 0 aliphatic heterocycles. The predicted molar refractivity (Wildman–Crippen MR) is 50.0 cm³/mol. The summed E-state index contributed by atoms with van der Waals surface area (Å²) in [6.07, 6.45) is 1.03. The molecule has 0 saturated heterocycles. The van der Waals surface area contributed by atoms with Crippen molar-refractivity contribution >= 4 is 0 Å². The standard InChI is InChI=1S/C9H21NO2/c1-5-10(9(2)3)7-6-8-12-11-4/h9H,5-8H2,1-4H3. The Morgan fingerprint density at radius 2 is 2.00 bits per heavy atom. The minimum absolute atomic E-state index is 0.623. The van der Waals surface area contributed by atoms with Crippen LogP contribution in [0.3, 0.4) is 0 Å². The van der Waals surface area contributed by atoms with E-state index in [9.17, 15) is 0 Å². The van der Waals surface area contributed by atoms with Crippen molar-refractivity contribution in [3.63, 3.8) is 0 Å². The molecule has 0 aromatic rings. The van der Waals surface area contributed by atoms with Gasteiger partial charge in [-0.3, -0.25) is 0 Å². The van der Waals surface area contributed by atoms with Gasteiger partial charge < -0.3 is 4.90 Å². The van der Waals surface area contributed by atoms with Gasteiger partial charge in [0.2, 0.25) is 0 Å². The first kappa shape index (κ1) is 11.9. The molecule has 0 aliphatic rings. The number of nitrogens with zero attached hydrogens (tertiary/aromatic N) is 1. The SMILES string of the molecule is CCN(CCCOOC)C(C)C. The van der Waals surface area contributed by atoms with Crippen LogP contribution in [0.4, 0.5) is 0 Å². The summed E-state index contributed by atoms with van der Waals surface area (Å²) >= 11 is 0. The Hall–Kier alpha value is -0.120. The summed E-state index contributed by atoms with van der Waals surface area (Å²) in [7, 11) is 1.54. The average Bonchev–Trinajstić information content (AvgIpc) is 2.04. The summed E-state index contributed by atoms with van der Waals surface area (Å²) in [5.41, 5.74) is 0. The first-order valence-electron chi connectivity index (χ1n) is 4.62. The predicted octanol–water partition coefficient (Wildman–Crippen LogP) is 1.68. The lowest BCUT2D eigenvalue weighted by molar-refractivity contribution is -0.273. The molecule has 0 rings (SSSR count). The van der Waals surface area contributed by atoms with E-state index < -0.39 is 0 Å². The van der Waals surface area contributed by atoms with E-state index in [4.69, 9.17) is 4.89 Å². The maximum atomic E-state index is 4.78. The van der Waals surface area contributed by atoms with Crippen LogP contribution in [-0.4, -0.2) is 37.7 Å². The Balaban J connectivity index is 3.32. The smallest absolute Gasteiger partial charge is 0.0834 e. The molecule has 0 aromatic heterocycles. The van der Waals surface area contributed by atoms with Gasteiger partial charge in [0.05, 0.1) is 13.7 Å². The quantitative estimate of drug-likeness (QED) is 0.334. The summed E-state index contributed by atoms with van der Waals surface area (Å²) < 4.78 is 0. The van der Waals surface area contributed by atoms with Crippen molar-refractivity contribution in [2.75, 3.05) is 26.8 Å². The average molecular weight is 175 g/mol. The van der Waals surface area contributed by atoms with Crippen molar-refractivity contribution in [1.29, 1.82) is 0 Å². The zero-order chi connectivity index (χ0) is 9.40. The highest BCUT2D eigenvalue weighted by Gasteiger charge is 2.05. The Morgan fingerprint density at radius 3 is 2.42 bits per heavy atom. The third-order valence-corrected chi connectivity index (χ3v) is 1.93. The molecular weight excluding hydrogens is 154 g/mol. The maximum absolute atomic E-state index is 4.78. The lowest BCUT2D eigenvalue weighted by Crippen LogP contribution is -2.32. The van der Waals surface area contributed by atoms with Crippen LogP contribution < -0.4 is 0 Å². The van der Waals surface area contributed by atoms with E-state index in [2.05, 4.69) is 30.6 Å². The summed E-state index contributed by atoms with van der Waals surface area (Å²) in [6.45, 7) is 9.46. The summed E-state index contributed by atoms with van der Waals surface area (Å²) in [5.74, 6) is 0. The van der Waals surface area contributed by atoms with Crippen molar-refractivity contribution in [2.24, 2.45) is 0 Å². The van der Waals surface area contributed by atoms with Crippen LogP contribution in [-0.2, 0) is 9.78 Å². The molecule has 0 atom stereocenters. The van der Waals surface area contributed by atoms with Crippen LogP contribution in [0.15, 0.2) is 0 Å². The molecule has 0 fully saturated rings. The van der Waals surface area contributed by atoms with E-state index in [0.29, 0.717) is 12.6 Å². The molecule has 0 bridgehead atoms. The second-order valence-corrected chi connectivity index (χ2v) is 3.06. The topological polar surface area (TPSA) is 21.7 Å². The Labute approximate surface area is 75.6 Å². The molecule has 3 heteroatoms. The molecule has 0 spiro atoms. The fourth-order valence-electron chi connectivity index (χ4n) is 1.19. The van der Waals surface area contributed by atoms with Gasteiger partial charge in [0.1, 0.15) is 0 Å². The van der Waals surface area contributed by atoms with Crippen LogP contribution in [0, 0.1) is 0 Å². The largest absolute Gasteiger partial charge is 0.301 e. The van der Waals surface area contributed by atoms with Crippen molar-refractivity contribution in [3.8, 4) is 0 Å². The maximum Gasteiger partial charge on any atom is 0.0834 e. The van der Waals surface area contributed by atoms with E-state index in [1.54, 1.807) is 7.11 Å². The lowest BCUT2D eigenvalue weighted by atomic mass is 10.3. The zero-order valence-corrected chi connectivity index (χ0v) is 8.67. The first-order valence-corrected chi connectivity index (χ1v) is 4.62. The summed E-state index contributed by atoms with van der Waals surface area (Å²) in [4.78, 5) is 11.7. The molecule has 0 aliphatic carbocycles. The molecule has 0 N–H and O–H groups in total. The molecule has 74 valence electrons. The second kappa shape index (κ2) is 7.53. The highest BCUT2D eigenvalue weighted by molar-refractivity contribution is 4.59. The fraction of sp³-hybridized carbons (Fsp3) is 1.00. The van der Waals surface area contributed by atoms with Gasteiger partial charge in [0, 0.05) is 12.6 Å². The highest BCUT2D eigenvalue weighted by Crippen LogP contribution is 1.98. The second-order valence-electron chi connectivity index (χ2n) is 3.06. The monoisotopic (exact) mass is 175 g/mol. The van der Waals surface area contributed by atoms with E-state index in [1.807, 2.05) is 0 Å². The highest BCUT2D eigenvalue weighted by atomic mass is 17.2. The van der Waals surface area contributed by atoms with Crippen molar-refractivity contribution < 1.29 is 9.78 Å². The summed E-state index contributed by atoms with van der Waals surface area (Å²) in [6, 6.07) is 0.623. The minimum atomic E-state index is 0.623. The van der Waals surface area contributed by atoms with Crippen LogP contribution in [0.25, 0.3) is 0 Å². The molecule has 0 unspecified atom stereocenters. The van der Waals surface area contributed by atoms with E-state index in [0.717, 1.165) is 19.5 Å². The minimum Gasteiger partial charge on any atom is -0.301 e. The first-order chi connectivity index (χ1) is 5.72. The molecule has 0 heterocycles. The van der Waals surface area contributed by atoms with E-state index in [1.165, 1.54) is 0 Å². The molecule has 12 heavy (non-hydrogen) atoms. The number of rotatable bonds is 7. The van der Waals surface area contributed by atoms with Crippen LogP contribution >= 0.6 is 0 Å². The van der Waals surface area contributed by atoms with Crippen molar-refractivity contribution in [1.82, 2.24) is 4.90 Å². The third kappa shape index (κ3) is 5.52. The normalized spacial score (nSPS) is 11.5. The number of hydrogen-bond acceptors (Lipinski definition) is 3. The molecule has 0 aromatic carbocycles. The fourth-order valence-corrected chi connectivity index (χ4v) is 1.19. The van der Waals surface area contributed by atoms with Gasteiger partial charge in [-0.25, -0.2) is 9.78 Å². The lowest BCUT2D eigenvalue weighted by Gasteiger charge is -2.24. The van der Waals surface area contributed by atoms with Gasteiger partial charge in [-0.15, -0.1) is 0 Å². The van der Waals surface area contributed by atoms with Crippen LogP contribution in [0.1, 0.15) is 27.2 Å². The van der Waals surface area contributed by atoms with Gasteiger partial charge >= 0.3 is 0 Å². The zero-order valence-electron chi connectivity index (χ0n) is 8.67. The van der Waals surface area contributed by atoms with Gasteiger partial charge in [-0.2, -0.15) is 0 Å². The molecule has 0 radical (unpaired) electrons. The van der Waals surface area contributed by atoms with Crippen LogP contribution in [0.5, 0.6) is 0 Å². The number of hydrogen-bond donors (Lipinski definition) is 0. The van der Waals surface area contributed by atoms with Gasteiger partial charge in [0.15, 0.2) is 0 Å². The van der Waals surface area contributed by atoms with Gasteiger partial charge in [0.25, 0.3) is 0 Å². The Morgan fingerprint density at radius 1 is 1.33 bits per heavy atom. The van der Waals surface area contributed by atoms with Gasteiger partial charge in [-0.05, 0) is 26.8 Å².